The van der Waals surface area contributed by atoms with Crippen LogP contribution < -0.4 is 0 Å². The zero-order valence-electron chi connectivity index (χ0n) is 9.35. The summed E-state index contributed by atoms with van der Waals surface area (Å²) in [6.45, 7) is 9.10. The maximum Gasteiger partial charge on any atom is 0.0547 e. The lowest BCUT2D eigenvalue weighted by molar-refractivity contribution is 0.0572. The average molecular weight is 185 g/mol. The molecule has 0 aliphatic carbocycles. The summed E-state index contributed by atoms with van der Waals surface area (Å²) in [4.78, 5) is 0. The van der Waals surface area contributed by atoms with Gasteiger partial charge in [0.25, 0.3) is 0 Å². The van der Waals surface area contributed by atoms with Gasteiger partial charge in [0, 0.05) is 6.61 Å². The molecule has 1 heteroatoms. The van der Waals surface area contributed by atoms with Gasteiger partial charge in [-0.25, -0.2) is 0 Å². The van der Waals surface area contributed by atoms with Gasteiger partial charge in [0.2, 0.25) is 0 Å². The highest BCUT2D eigenvalue weighted by Gasteiger charge is 2.00. The van der Waals surface area contributed by atoms with Crippen molar-refractivity contribution < 1.29 is 4.74 Å². The normalized spacial score (nSPS) is 13.2. The smallest absolute Gasteiger partial charge is 0.0547 e. The first-order valence-electron chi connectivity index (χ1n) is 5.72. The largest absolute Gasteiger partial charge is 0.379 e. The third-order valence-electron chi connectivity index (χ3n) is 2.26. The fourth-order valence-electron chi connectivity index (χ4n) is 1.33. The van der Waals surface area contributed by atoms with Crippen LogP contribution in [0, 0.1) is 6.92 Å². The molecule has 1 atom stereocenters. The second kappa shape index (κ2) is 10.0. The van der Waals surface area contributed by atoms with Crippen LogP contribution in [0.3, 0.4) is 0 Å². The van der Waals surface area contributed by atoms with E-state index in [9.17, 15) is 0 Å². The zero-order valence-corrected chi connectivity index (χ0v) is 9.35. The molecular weight excluding hydrogens is 160 g/mol. The first-order valence-corrected chi connectivity index (χ1v) is 5.72. The van der Waals surface area contributed by atoms with Gasteiger partial charge in [-0.3, -0.25) is 0 Å². The molecule has 0 aromatic rings. The van der Waals surface area contributed by atoms with E-state index in [0.29, 0.717) is 6.10 Å². The Kier molecular flexibility index (Phi) is 10.0. The highest BCUT2D eigenvalue weighted by Crippen LogP contribution is 2.08. The molecule has 13 heavy (non-hydrogen) atoms. The molecule has 0 aliphatic rings. The number of hydrogen-bond acceptors (Lipinski definition) is 1. The van der Waals surface area contributed by atoms with E-state index < -0.39 is 0 Å². The average Bonchev–Trinajstić information content (AvgIpc) is 2.13. The number of rotatable bonds is 9. The number of unbranched alkanes of at least 4 members (excludes halogenated alkanes) is 4. The molecule has 0 aromatic carbocycles. The summed E-state index contributed by atoms with van der Waals surface area (Å²) in [5.74, 6) is 0. The predicted molar refractivity (Wildman–Crippen MR) is 58.8 cm³/mol. The molecule has 0 amide bonds. The Morgan fingerprint density at radius 2 is 1.92 bits per heavy atom. The first-order chi connectivity index (χ1) is 6.31. The Morgan fingerprint density at radius 3 is 2.54 bits per heavy atom. The van der Waals surface area contributed by atoms with Crippen molar-refractivity contribution in [3.05, 3.63) is 6.92 Å². The van der Waals surface area contributed by atoms with Gasteiger partial charge in [0.05, 0.1) is 6.10 Å². The minimum Gasteiger partial charge on any atom is -0.379 e. The Hall–Kier alpha value is -0.0400. The van der Waals surface area contributed by atoms with Crippen LogP contribution in [0.5, 0.6) is 0 Å². The first kappa shape index (κ1) is 13.0. The van der Waals surface area contributed by atoms with Crippen LogP contribution in [0.2, 0.25) is 0 Å². The van der Waals surface area contributed by atoms with Gasteiger partial charge in [-0.1, -0.05) is 46.0 Å². The summed E-state index contributed by atoms with van der Waals surface area (Å²) in [6, 6.07) is 0. The molecular formula is C12H25O. The summed E-state index contributed by atoms with van der Waals surface area (Å²) in [5.41, 5.74) is 0. The molecule has 0 spiro atoms. The maximum atomic E-state index is 5.62. The Balaban J connectivity index is 3.05. The van der Waals surface area contributed by atoms with Crippen LogP contribution in [0.4, 0.5) is 0 Å². The minimum atomic E-state index is 0.448. The Bertz CT molecular complexity index is 91.1. The summed E-state index contributed by atoms with van der Waals surface area (Å²) in [5, 5.41) is 0. The summed E-state index contributed by atoms with van der Waals surface area (Å²) >= 11 is 0. The van der Waals surface area contributed by atoms with Crippen LogP contribution in [-0.4, -0.2) is 12.7 Å². The van der Waals surface area contributed by atoms with E-state index in [1.165, 1.54) is 32.1 Å². The van der Waals surface area contributed by atoms with E-state index in [4.69, 9.17) is 4.74 Å². The molecule has 1 radical (unpaired) electrons. The lowest BCUT2D eigenvalue weighted by atomic mass is 10.1. The van der Waals surface area contributed by atoms with Crippen LogP contribution in [0.15, 0.2) is 0 Å². The predicted octanol–water partition coefficient (Wildman–Crippen LogP) is 3.98. The van der Waals surface area contributed by atoms with E-state index in [-0.39, 0.29) is 0 Å². The fourth-order valence-corrected chi connectivity index (χ4v) is 1.33. The highest BCUT2D eigenvalue weighted by atomic mass is 16.5. The molecule has 79 valence electrons. The van der Waals surface area contributed by atoms with E-state index in [1.54, 1.807) is 0 Å². The molecule has 0 N–H and O–H groups in total. The summed E-state index contributed by atoms with van der Waals surface area (Å²) in [6.07, 6.45) is 9.11. The van der Waals surface area contributed by atoms with E-state index in [2.05, 4.69) is 20.8 Å². The lowest BCUT2D eigenvalue weighted by Crippen LogP contribution is -2.08. The zero-order chi connectivity index (χ0) is 9.94. The van der Waals surface area contributed by atoms with Gasteiger partial charge in [0.1, 0.15) is 0 Å². The Labute approximate surface area is 83.9 Å². The van der Waals surface area contributed by atoms with Crippen molar-refractivity contribution in [3.63, 3.8) is 0 Å². The fraction of sp³-hybridized carbons (Fsp3) is 0.917. The van der Waals surface area contributed by atoms with Gasteiger partial charge < -0.3 is 4.74 Å². The second-order valence-corrected chi connectivity index (χ2v) is 3.74. The van der Waals surface area contributed by atoms with E-state index >= 15 is 0 Å². The molecule has 0 aromatic heterocycles. The minimum absolute atomic E-state index is 0.448. The summed E-state index contributed by atoms with van der Waals surface area (Å²) in [7, 11) is 0. The van der Waals surface area contributed by atoms with Crippen molar-refractivity contribution in [3.8, 4) is 0 Å². The van der Waals surface area contributed by atoms with Crippen molar-refractivity contribution in [1.29, 1.82) is 0 Å². The molecule has 0 saturated carbocycles. The molecule has 0 aliphatic heterocycles. The SMILES string of the molecule is [CH2]CCCOC(C)CCCCCC. The monoisotopic (exact) mass is 185 g/mol. The third kappa shape index (κ3) is 9.88. The van der Waals surface area contributed by atoms with Crippen molar-refractivity contribution in [1.82, 2.24) is 0 Å². The van der Waals surface area contributed by atoms with Gasteiger partial charge in [-0.2, -0.15) is 0 Å². The molecule has 1 nitrogen and oxygen atoms in total. The van der Waals surface area contributed by atoms with Gasteiger partial charge in [-0.05, 0) is 19.8 Å². The number of ether oxygens (including phenoxy) is 1. The quantitative estimate of drug-likeness (QED) is 0.494. The lowest BCUT2D eigenvalue weighted by Gasteiger charge is -2.12. The molecule has 0 fully saturated rings. The van der Waals surface area contributed by atoms with Crippen molar-refractivity contribution >= 4 is 0 Å². The van der Waals surface area contributed by atoms with E-state index in [1.807, 2.05) is 0 Å². The van der Waals surface area contributed by atoms with Gasteiger partial charge in [-0.15, -0.1) is 0 Å². The van der Waals surface area contributed by atoms with Crippen molar-refractivity contribution in [2.75, 3.05) is 6.61 Å². The van der Waals surface area contributed by atoms with Crippen molar-refractivity contribution in [2.24, 2.45) is 0 Å². The Morgan fingerprint density at radius 1 is 1.15 bits per heavy atom. The maximum absolute atomic E-state index is 5.62. The highest BCUT2D eigenvalue weighted by molar-refractivity contribution is 4.52. The van der Waals surface area contributed by atoms with E-state index in [0.717, 1.165) is 19.4 Å². The van der Waals surface area contributed by atoms with Gasteiger partial charge >= 0.3 is 0 Å². The van der Waals surface area contributed by atoms with Gasteiger partial charge in [0.15, 0.2) is 0 Å². The van der Waals surface area contributed by atoms with Crippen LogP contribution in [0.1, 0.15) is 58.8 Å². The second-order valence-electron chi connectivity index (χ2n) is 3.74. The van der Waals surface area contributed by atoms with Crippen LogP contribution >= 0.6 is 0 Å². The standard InChI is InChI=1S/C12H25O/c1-4-6-8-9-10-12(3)13-11-7-5-2/h12H,2,4-11H2,1,3H3. The summed E-state index contributed by atoms with van der Waals surface area (Å²) < 4.78 is 5.62. The third-order valence-corrected chi connectivity index (χ3v) is 2.26. The molecule has 0 rings (SSSR count). The molecule has 0 saturated heterocycles. The van der Waals surface area contributed by atoms with Crippen LogP contribution in [0.25, 0.3) is 0 Å². The molecule has 0 bridgehead atoms. The number of hydrogen-bond donors (Lipinski definition) is 0. The molecule has 1 unspecified atom stereocenters. The van der Waals surface area contributed by atoms with Crippen molar-refractivity contribution in [2.45, 2.75) is 64.9 Å². The topological polar surface area (TPSA) is 9.23 Å². The molecule has 0 heterocycles. The van der Waals surface area contributed by atoms with Crippen LogP contribution in [-0.2, 0) is 4.74 Å².